The molecule has 2 fully saturated rings. The maximum absolute atomic E-state index is 13.4. The van der Waals surface area contributed by atoms with Gasteiger partial charge in [0.1, 0.15) is 0 Å². The minimum Gasteiger partial charge on any atom is -0.481 e. The van der Waals surface area contributed by atoms with E-state index in [1.54, 1.807) is 13.0 Å². The number of benzene rings is 2. The Hall–Kier alpha value is -2.13. The second-order valence-electron chi connectivity index (χ2n) is 11.0. The summed E-state index contributed by atoms with van der Waals surface area (Å²) >= 11 is 12.4. The monoisotopic (exact) mass is 580 g/mol. The van der Waals surface area contributed by atoms with Crippen molar-refractivity contribution >= 4 is 45.1 Å². The number of carboxylic acids is 1. The summed E-state index contributed by atoms with van der Waals surface area (Å²) in [6.45, 7) is 3.52. The smallest absolute Gasteiger partial charge is 0.304 e. The van der Waals surface area contributed by atoms with E-state index in [-0.39, 0.29) is 29.4 Å². The molecule has 38 heavy (non-hydrogen) atoms. The molecule has 1 aliphatic heterocycles. The van der Waals surface area contributed by atoms with E-state index in [0.29, 0.717) is 42.1 Å². The minimum absolute atomic E-state index is 0.265. The molecule has 1 aliphatic carbocycles. The number of carboxylic acid groups (broad SMARTS) is 1. The number of carbonyl (C=O) groups is 2. The molecule has 0 radical (unpaired) electrons. The maximum atomic E-state index is 13.4. The van der Waals surface area contributed by atoms with Gasteiger partial charge in [-0.1, -0.05) is 54.4 Å². The number of nitrogens with one attached hydrogen (secondary N) is 2. The highest BCUT2D eigenvalue weighted by Crippen LogP contribution is 2.44. The van der Waals surface area contributed by atoms with Gasteiger partial charge in [0.2, 0.25) is 15.9 Å². The zero-order chi connectivity index (χ0) is 27.7. The molecule has 1 heterocycles. The molecule has 1 saturated heterocycles. The first-order valence-electron chi connectivity index (χ1n) is 12.9. The van der Waals surface area contributed by atoms with Gasteiger partial charge in [0.15, 0.2) is 0 Å². The normalized spacial score (nSPS) is 25.4. The summed E-state index contributed by atoms with van der Waals surface area (Å²) in [4.78, 5) is 25.1. The van der Waals surface area contributed by atoms with Gasteiger partial charge in [-0.05, 0) is 80.3 Å². The van der Waals surface area contributed by atoms with Crippen molar-refractivity contribution in [3.05, 3.63) is 69.7 Å². The van der Waals surface area contributed by atoms with Crippen LogP contribution in [0.1, 0.15) is 63.0 Å². The number of hydrogen-bond acceptors (Lipinski definition) is 4. The molecule has 1 amide bonds. The predicted octanol–water partition coefficient (Wildman–Crippen LogP) is 5.17. The number of sulfonamides is 1. The van der Waals surface area contributed by atoms with Crippen LogP contribution in [0.4, 0.5) is 0 Å². The average Bonchev–Trinajstić information content (AvgIpc) is 3.68. The molecule has 1 saturated carbocycles. The quantitative estimate of drug-likeness (QED) is 0.339. The van der Waals surface area contributed by atoms with Crippen molar-refractivity contribution < 1.29 is 23.1 Å². The van der Waals surface area contributed by atoms with Crippen LogP contribution in [0.15, 0.2) is 48.5 Å². The molecule has 0 spiro atoms. The van der Waals surface area contributed by atoms with Gasteiger partial charge in [0.25, 0.3) is 0 Å². The fourth-order valence-electron chi connectivity index (χ4n) is 5.63. The molecule has 7 nitrogen and oxygen atoms in total. The largest absolute Gasteiger partial charge is 0.481 e. The number of rotatable bonds is 11. The Balaban J connectivity index is 1.70. The molecule has 4 rings (SSSR count). The molecule has 3 N–H and O–H groups in total. The van der Waals surface area contributed by atoms with Crippen molar-refractivity contribution in [3.8, 4) is 0 Å². The lowest BCUT2D eigenvalue weighted by Crippen LogP contribution is -2.59. The first kappa shape index (κ1) is 28.9. The van der Waals surface area contributed by atoms with Crippen LogP contribution < -0.4 is 10.0 Å². The van der Waals surface area contributed by atoms with Crippen molar-refractivity contribution in [1.82, 2.24) is 10.0 Å². The Morgan fingerprint density at radius 1 is 1.16 bits per heavy atom. The highest BCUT2D eigenvalue weighted by Gasteiger charge is 2.49. The van der Waals surface area contributed by atoms with Gasteiger partial charge in [-0.2, -0.15) is 0 Å². The van der Waals surface area contributed by atoms with Gasteiger partial charge in [-0.25, -0.2) is 13.1 Å². The lowest BCUT2D eigenvalue weighted by Gasteiger charge is -2.46. The SMILES string of the molecule is C[C@H](NS(=O)(=O)C1CC1)[C@@H](CCc1ccc(Cl)cc1)[C@H]1NC(=O)[C@](C)(CC(=O)O)C[C@@H]1c1cccc(Cl)c1. The van der Waals surface area contributed by atoms with Crippen LogP contribution in [0.3, 0.4) is 0 Å². The zero-order valence-electron chi connectivity index (χ0n) is 21.5. The summed E-state index contributed by atoms with van der Waals surface area (Å²) in [5, 5.41) is 13.5. The molecule has 0 aromatic heterocycles. The van der Waals surface area contributed by atoms with Gasteiger partial charge >= 0.3 is 5.97 Å². The first-order valence-corrected chi connectivity index (χ1v) is 15.2. The van der Waals surface area contributed by atoms with Crippen LogP contribution in [-0.2, 0) is 26.0 Å². The Labute approximate surface area is 234 Å². The number of aryl methyl sites for hydroxylation is 1. The predicted molar refractivity (Wildman–Crippen MR) is 149 cm³/mol. The molecule has 206 valence electrons. The van der Waals surface area contributed by atoms with E-state index >= 15 is 0 Å². The fourth-order valence-corrected chi connectivity index (χ4v) is 7.60. The Bertz CT molecular complexity index is 1280. The van der Waals surface area contributed by atoms with E-state index in [2.05, 4.69) is 10.0 Å². The summed E-state index contributed by atoms with van der Waals surface area (Å²) in [6.07, 6.45) is 2.54. The number of piperidine rings is 1. The van der Waals surface area contributed by atoms with Crippen molar-refractivity contribution in [2.24, 2.45) is 11.3 Å². The summed E-state index contributed by atoms with van der Waals surface area (Å²) < 4.78 is 28.7. The van der Waals surface area contributed by atoms with E-state index < -0.39 is 33.5 Å². The van der Waals surface area contributed by atoms with E-state index in [1.807, 2.05) is 49.4 Å². The zero-order valence-corrected chi connectivity index (χ0v) is 23.8. The Kier molecular flexibility index (Phi) is 8.77. The van der Waals surface area contributed by atoms with Gasteiger partial charge in [0, 0.05) is 28.0 Å². The summed E-state index contributed by atoms with van der Waals surface area (Å²) in [5.41, 5.74) is 0.814. The number of halogens is 2. The van der Waals surface area contributed by atoms with E-state index in [0.717, 1.165) is 11.1 Å². The van der Waals surface area contributed by atoms with E-state index in [9.17, 15) is 23.1 Å². The second kappa shape index (κ2) is 11.5. The van der Waals surface area contributed by atoms with Gasteiger partial charge in [-0.15, -0.1) is 0 Å². The molecular formula is C28H34Cl2N2O5S. The van der Waals surface area contributed by atoms with Crippen LogP contribution in [0.2, 0.25) is 10.0 Å². The van der Waals surface area contributed by atoms with Crippen molar-refractivity contribution in [2.45, 2.75) is 75.6 Å². The number of aliphatic carboxylic acids is 1. The van der Waals surface area contributed by atoms with Crippen LogP contribution in [0.5, 0.6) is 0 Å². The van der Waals surface area contributed by atoms with Gasteiger partial charge in [-0.3, -0.25) is 9.59 Å². The lowest BCUT2D eigenvalue weighted by molar-refractivity contribution is -0.147. The molecule has 2 aromatic rings. The van der Waals surface area contributed by atoms with E-state index in [4.69, 9.17) is 23.2 Å². The highest BCUT2D eigenvalue weighted by atomic mass is 35.5. The molecule has 5 atom stereocenters. The molecule has 0 unspecified atom stereocenters. The van der Waals surface area contributed by atoms with Crippen molar-refractivity contribution in [3.63, 3.8) is 0 Å². The standard InChI is InChI=1S/C28H34Cl2N2O5S/c1-17(32-38(36,37)22-11-12-22)23(13-8-18-6-9-20(29)10-7-18)26-24(19-4-3-5-21(30)14-19)15-28(2,16-25(33)34)27(35)31-26/h3-7,9-10,14,17,22-24,26,32H,8,11-13,15-16H2,1-2H3,(H,31,35)(H,33,34)/t17-,23+,24+,26+,28-/m0/s1. The maximum Gasteiger partial charge on any atom is 0.304 e. The highest BCUT2D eigenvalue weighted by molar-refractivity contribution is 7.90. The van der Waals surface area contributed by atoms with Crippen molar-refractivity contribution in [2.75, 3.05) is 0 Å². The Morgan fingerprint density at radius 3 is 2.45 bits per heavy atom. The molecule has 10 heteroatoms. The average molecular weight is 582 g/mol. The number of hydrogen-bond donors (Lipinski definition) is 3. The molecule has 0 bridgehead atoms. The van der Waals surface area contributed by atoms with E-state index in [1.165, 1.54) is 0 Å². The third-order valence-electron chi connectivity index (χ3n) is 7.86. The topological polar surface area (TPSA) is 113 Å². The number of carbonyl (C=O) groups excluding carboxylic acids is 1. The lowest BCUT2D eigenvalue weighted by atomic mass is 9.66. The summed E-state index contributed by atoms with van der Waals surface area (Å²) in [7, 11) is -3.48. The van der Waals surface area contributed by atoms with Crippen LogP contribution in [0.25, 0.3) is 0 Å². The number of amides is 1. The summed E-state index contributed by atoms with van der Waals surface area (Å²) in [6, 6.07) is 14.0. The second-order valence-corrected chi connectivity index (χ2v) is 13.8. The Morgan fingerprint density at radius 2 is 1.84 bits per heavy atom. The molecule has 2 aliphatic rings. The first-order chi connectivity index (χ1) is 17.9. The van der Waals surface area contributed by atoms with Gasteiger partial charge < -0.3 is 10.4 Å². The van der Waals surface area contributed by atoms with Crippen molar-refractivity contribution in [1.29, 1.82) is 0 Å². The van der Waals surface area contributed by atoms with Crippen LogP contribution in [0, 0.1) is 11.3 Å². The summed E-state index contributed by atoms with van der Waals surface area (Å²) in [5.74, 6) is -1.92. The van der Waals surface area contributed by atoms with Gasteiger partial charge in [0.05, 0.1) is 17.1 Å². The van der Waals surface area contributed by atoms with Crippen LogP contribution in [-0.4, -0.2) is 42.7 Å². The van der Waals surface area contributed by atoms with Crippen LogP contribution >= 0.6 is 23.2 Å². The minimum atomic E-state index is -3.48. The molecule has 2 aromatic carbocycles. The molecular weight excluding hydrogens is 547 g/mol. The third kappa shape index (κ3) is 6.89. The third-order valence-corrected chi connectivity index (χ3v) is 10.4. The fraction of sp³-hybridized carbons (Fsp3) is 0.500.